The van der Waals surface area contributed by atoms with Crippen LogP contribution in [0.2, 0.25) is 0 Å². The van der Waals surface area contributed by atoms with Gasteiger partial charge in [0.1, 0.15) is 0 Å². The quantitative estimate of drug-likeness (QED) is 0.591. The van der Waals surface area contributed by atoms with Crippen molar-refractivity contribution in [3.63, 3.8) is 0 Å². The van der Waals surface area contributed by atoms with Crippen molar-refractivity contribution in [2.45, 2.75) is 19.8 Å². The zero-order valence-electron chi connectivity index (χ0n) is 8.60. The van der Waals surface area contributed by atoms with E-state index in [1.165, 1.54) is 6.20 Å². The van der Waals surface area contributed by atoms with Crippen LogP contribution < -0.4 is 5.46 Å². The number of fused-ring (bicyclic) bond motifs is 1. The molecule has 0 atom stereocenters. The Kier molecular flexibility index (Phi) is 2.46. The predicted octanol–water partition coefficient (Wildman–Crippen LogP) is -0.239. The molecule has 2 aromatic rings. The van der Waals surface area contributed by atoms with Gasteiger partial charge in [0.15, 0.2) is 5.65 Å². The average Bonchev–Trinajstić information content (AvgIpc) is 2.59. The number of aromatic nitrogens is 3. The maximum atomic E-state index is 9.04. The van der Waals surface area contributed by atoms with Crippen molar-refractivity contribution in [3.8, 4) is 0 Å². The second-order valence-electron chi connectivity index (χ2n) is 3.81. The monoisotopic (exact) mass is 205 g/mol. The molecule has 0 aliphatic heterocycles. The molecule has 5 nitrogen and oxygen atoms in total. The first-order valence-electron chi connectivity index (χ1n) is 4.79. The van der Waals surface area contributed by atoms with Crippen molar-refractivity contribution in [3.05, 3.63) is 18.0 Å². The van der Waals surface area contributed by atoms with Gasteiger partial charge >= 0.3 is 7.12 Å². The Morgan fingerprint density at radius 3 is 2.73 bits per heavy atom. The van der Waals surface area contributed by atoms with Crippen LogP contribution in [0.25, 0.3) is 11.0 Å². The van der Waals surface area contributed by atoms with Crippen molar-refractivity contribution < 1.29 is 10.0 Å². The first-order chi connectivity index (χ1) is 7.09. The number of hydrogen-bond donors (Lipinski definition) is 3. The van der Waals surface area contributed by atoms with E-state index in [0.717, 1.165) is 11.1 Å². The maximum absolute atomic E-state index is 9.04. The Hall–Kier alpha value is -1.40. The highest BCUT2D eigenvalue weighted by Gasteiger charge is 2.15. The molecule has 78 valence electrons. The molecule has 0 amide bonds. The van der Waals surface area contributed by atoms with Crippen molar-refractivity contribution in [1.29, 1.82) is 0 Å². The molecule has 15 heavy (non-hydrogen) atoms. The third-order valence-electron chi connectivity index (χ3n) is 2.34. The number of nitrogens with zero attached hydrogens (tertiary/aromatic N) is 2. The number of H-pyrrole nitrogens is 1. The lowest BCUT2D eigenvalue weighted by Gasteiger charge is -2.02. The van der Waals surface area contributed by atoms with Gasteiger partial charge in [-0.05, 0) is 12.0 Å². The van der Waals surface area contributed by atoms with Crippen LogP contribution in [-0.2, 0) is 0 Å². The van der Waals surface area contributed by atoms with Gasteiger partial charge in [-0.25, -0.2) is 4.98 Å². The van der Waals surface area contributed by atoms with Crippen molar-refractivity contribution >= 4 is 23.6 Å². The Morgan fingerprint density at radius 2 is 2.13 bits per heavy atom. The smallest absolute Gasteiger partial charge is 0.423 e. The molecule has 0 aliphatic carbocycles. The lowest BCUT2D eigenvalue weighted by Crippen LogP contribution is -2.30. The first kappa shape index (κ1) is 10.1. The highest BCUT2D eigenvalue weighted by atomic mass is 16.4. The van der Waals surface area contributed by atoms with Crippen LogP contribution in [0.15, 0.2) is 12.3 Å². The van der Waals surface area contributed by atoms with E-state index in [-0.39, 0.29) is 0 Å². The van der Waals surface area contributed by atoms with E-state index in [1.54, 1.807) is 6.07 Å². The Morgan fingerprint density at radius 1 is 1.40 bits per heavy atom. The maximum Gasteiger partial charge on any atom is 0.490 e. The van der Waals surface area contributed by atoms with E-state index in [1.807, 2.05) is 13.8 Å². The standard InChI is InChI=1S/C9H12BN3O2/c1-5(2)8-7-3-6(10(14)15)4-11-9(7)13-12-8/h3-5,14-15H,1-2H3,(H,11,12,13). The molecular weight excluding hydrogens is 193 g/mol. The minimum atomic E-state index is -1.49. The molecule has 2 aromatic heterocycles. The molecule has 3 N–H and O–H groups in total. The topological polar surface area (TPSA) is 82.0 Å². The lowest BCUT2D eigenvalue weighted by molar-refractivity contribution is 0.425. The van der Waals surface area contributed by atoms with Gasteiger partial charge in [0.05, 0.1) is 0 Å². The number of hydrogen-bond acceptors (Lipinski definition) is 4. The van der Waals surface area contributed by atoms with E-state index in [0.29, 0.717) is 17.0 Å². The SMILES string of the molecule is CC(C)c1[nH]nc2ncc(B(O)O)cc12. The molecule has 0 radical (unpaired) electrons. The Balaban J connectivity index is 2.61. The minimum absolute atomic E-state index is 0.294. The van der Waals surface area contributed by atoms with Gasteiger partial charge in [-0.15, -0.1) is 0 Å². The molecule has 0 saturated heterocycles. The predicted molar refractivity (Wildman–Crippen MR) is 57.8 cm³/mol. The fourth-order valence-electron chi connectivity index (χ4n) is 1.52. The molecule has 2 heterocycles. The number of pyridine rings is 1. The summed E-state index contributed by atoms with van der Waals surface area (Å²) < 4.78 is 0. The molecule has 0 unspecified atom stereocenters. The van der Waals surface area contributed by atoms with Gasteiger partial charge in [-0.3, -0.25) is 5.10 Å². The minimum Gasteiger partial charge on any atom is -0.423 e. The van der Waals surface area contributed by atoms with Crippen molar-refractivity contribution in [2.75, 3.05) is 0 Å². The molecule has 0 fully saturated rings. The third kappa shape index (κ3) is 1.73. The van der Waals surface area contributed by atoms with Gasteiger partial charge in [0, 0.05) is 22.7 Å². The van der Waals surface area contributed by atoms with Crippen LogP contribution in [0.5, 0.6) is 0 Å². The Bertz CT molecular complexity index is 481. The molecule has 2 rings (SSSR count). The van der Waals surface area contributed by atoms with Gasteiger partial charge in [0.2, 0.25) is 0 Å². The largest absolute Gasteiger partial charge is 0.490 e. The molecule has 0 aromatic carbocycles. The van der Waals surface area contributed by atoms with Crippen LogP contribution >= 0.6 is 0 Å². The van der Waals surface area contributed by atoms with Gasteiger partial charge in [0.25, 0.3) is 0 Å². The summed E-state index contributed by atoms with van der Waals surface area (Å²) in [5.74, 6) is 0.294. The van der Waals surface area contributed by atoms with E-state index in [4.69, 9.17) is 10.0 Å². The summed E-state index contributed by atoms with van der Waals surface area (Å²) in [5.41, 5.74) is 1.94. The van der Waals surface area contributed by atoms with Crippen LogP contribution in [0.1, 0.15) is 25.5 Å². The van der Waals surface area contributed by atoms with Gasteiger partial charge < -0.3 is 10.0 Å². The number of aromatic amines is 1. The summed E-state index contributed by atoms with van der Waals surface area (Å²) in [7, 11) is -1.49. The lowest BCUT2D eigenvalue weighted by atomic mass is 9.81. The second-order valence-corrected chi connectivity index (χ2v) is 3.81. The van der Waals surface area contributed by atoms with Crippen LogP contribution in [-0.4, -0.2) is 32.3 Å². The summed E-state index contributed by atoms with van der Waals surface area (Å²) >= 11 is 0. The van der Waals surface area contributed by atoms with E-state index >= 15 is 0 Å². The summed E-state index contributed by atoms with van der Waals surface area (Å²) in [6.07, 6.45) is 1.41. The van der Waals surface area contributed by atoms with E-state index in [9.17, 15) is 0 Å². The molecular formula is C9H12BN3O2. The average molecular weight is 205 g/mol. The first-order valence-corrected chi connectivity index (χ1v) is 4.79. The highest BCUT2D eigenvalue weighted by Crippen LogP contribution is 2.20. The van der Waals surface area contributed by atoms with Crippen molar-refractivity contribution in [1.82, 2.24) is 15.2 Å². The molecule has 6 heteroatoms. The van der Waals surface area contributed by atoms with Gasteiger partial charge in [-0.1, -0.05) is 13.8 Å². The molecule has 0 bridgehead atoms. The van der Waals surface area contributed by atoms with Crippen molar-refractivity contribution in [2.24, 2.45) is 0 Å². The molecule has 0 spiro atoms. The summed E-state index contributed by atoms with van der Waals surface area (Å²) in [6, 6.07) is 1.70. The van der Waals surface area contributed by atoms with Crippen LogP contribution in [0.4, 0.5) is 0 Å². The number of nitrogens with one attached hydrogen (secondary N) is 1. The Labute approximate surface area is 87.3 Å². The molecule has 0 saturated carbocycles. The number of rotatable bonds is 2. The summed E-state index contributed by atoms with van der Waals surface area (Å²) in [6.45, 7) is 4.07. The van der Waals surface area contributed by atoms with E-state index in [2.05, 4.69) is 15.2 Å². The molecule has 0 aliphatic rings. The zero-order chi connectivity index (χ0) is 11.0. The van der Waals surface area contributed by atoms with Crippen LogP contribution in [0.3, 0.4) is 0 Å². The summed E-state index contributed by atoms with van der Waals surface area (Å²) in [4.78, 5) is 4.04. The van der Waals surface area contributed by atoms with Crippen LogP contribution in [0, 0.1) is 0 Å². The van der Waals surface area contributed by atoms with E-state index < -0.39 is 7.12 Å². The zero-order valence-corrected chi connectivity index (χ0v) is 8.60. The fraction of sp³-hybridized carbons (Fsp3) is 0.333. The third-order valence-corrected chi connectivity index (χ3v) is 2.34. The second kappa shape index (κ2) is 3.64. The normalized spacial score (nSPS) is 11.3. The highest BCUT2D eigenvalue weighted by molar-refractivity contribution is 6.58. The summed E-state index contributed by atoms with van der Waals surface area (Å²) in [5, 5.41) is 25.9. The fourth-order valence-corrected chi connectivity index (χ4v) is 1.52. The van der Waals surface area contributed by atoms with Gasteiger partial charge in [-0.2, -0.15) is 5.10 Å².